The van der Waals surface area contributed by atoms with E-state index in [1.807, 2.05) is 0 Å². The molecule has 22 nitrogen and oxygen atoms in total. The Morgan fingerprint density at radius 1 is 0.906 bits per heavy atom. The predicted octanol–water partition coefficient (Wildman–Crippen LogP) is -13.5. The monoisotopic (exact) mass is 854 g/mol. The summed E-state index contributed by atoms with van der Waals surface area (Å²) in [6.07, 6.45) is 2.56. The van der Waals surface area contributed by atoms with Gasteiger partial charge in [-0.15, -0.1) is 0 Å². The van der Waals surface area contributed by atoms with Crippen LogP contribution in [0.25, 0.3) is 11.8 Å². The summed E-state index contributed by atoms with van der Waals surface area (Å²) >= 11 is 0.138. The van der Waals surface area contributed by atoms with Crippen LogP contribution in [0.3, 0.4) is 0 Å². The van der Waals surface area contributed by atoms with Crippen LogP contribution in [0.5, 0.6) is 0 Å². The third-order valence-electron chi connectivity index (χ3n) is 6.15. The number of hydrogen-bond donors (Lipinski definition) is 3. The second kappa shape index (κ2) is 21.3. The summed E-state index contributed by atoms with van der Waals surface area (Å²) in [5, 5.41) is 38.5. The van der Waals surface area contributed by atoms with E-state index in [0.29, 0.717) is 34.0 Å². The average Bonchev–Trinajstić information content (AvgIpc) is 3.50. The quantitative estimate of drug-likeness (QED) is 0.0359. The molecule has 0 saturated heterocycles. The predicted molar refractivity (Wildman–Crippen MR) is 152 cm³/mol. The van der Waals surface area contributed by atoms with Crippen LogP contribution >= 0.6 is 12.0 Å². The number of H-pyrrole nitrogens is 1. The minimum Gasteiger partial charge on any atom is -0.744 e. The summed E-state index contributed by atoms with van der Waals surface area (Å²) in [5.41, 5.74) is -5.23. The molecule has 2 aromatic carbocycles. The van der Waals surface area contributed by atoms with Crippen LogP contribution in [-0.4, -0.2) is 76.6 Å². The Morgan fingerprint density at radius 2 is 1.47 bits per heavy atom. The normalized spacial score (nSPS) is 13.9. The van der Waals surface area contributed by atoms with Crippen LogP contribution in [0.15, 0.2) is 83.6 Å². The number of nitrogens with one attached hydrogen (secondary N) is 1. The molecule has 1 aliphatic rings. The van der Waals surface area contributed by atoms with Crippen LogP contribution in [-0.2, 0) is 60.8 Å². The number of allylic oxidation sites excluding steroid dienone is 2. The molecule has 3 aromatic rings. The van der Waals surface area contributed by atoms with E-state index in [-0.39, 0.29) is 141 Å². The van der Waals surface area contributed by atoms with Gasteiger partial charge in [0.15, 0.2) is 5.71 Å². The minimum atomic E-state index is -5.40. The van der Waals surface area contributed by atoms with E-state index in [4.69, 9.17) is 5.26 Å². The van der Waals surface area contributed by atoms with Gasteiger partial charge in [0.2, 0.25) is 0 Å². The van der Waals surface area contributed by atoms with Gasteiger partial charge < -0.3 is 24.0 Å². The van der Waals surface area contributed by atoms with Crippen molar-refractivity contribution in [3.05, 3.63) is 75.7 Å². The first kappa shape index (κ1) is 52.4. The zero-order valence-electron chi connectivity index (χ0n) is 27.3. The van der Waals surface area contributed by atoms with Crippen molar-refractivity contribution in [1.29, 1.82) is 0 Å². The molecule has 0 atom stereocenters. The van der Waals surface area contributed by atoms with E-state index in [9.17, 15) is 63.7 Å². The standard InChI is InChI=1S/C23H18N4O18S4.4Na/c28-21-13(15(10-43-32)24-27(21)17-9-12(48(37,38)39)5-7-19(17)49(40,41)42)2-1-3-14-20(23(30)31)25-26(22(14)29)16-8-11(47(34,35)36)4-6-18(16)46-45-44-33;;;;/h1-9,24,32-33H,10H2,(H,30,31)(H,34,35,36)(H,37,38,39)(H,40,41,42);;;;/q;4*+1/p-4/b2-1+,14-3-;;;;. The molecule has 30 heteroatoms. The smallest absolute Gasteiger partial charge is 0.744 e. The first-order valence-electron chi connectivity index (χ1n) is 12.2. The molecule has 0 spiro atoms. The van der Waals surface area contributed by atoms with Crippen LogP contribution in [0.1, 0.15) is 11.3 Å². The summed E-state index contributed by atoms with van der Waals surface area (Å²) in [7, 11) is -15.8. The fraction of sp³-hybridized carbons (Fsp3) is 0.0435. The van der Waals surface area contributed by atoms with E-state index >= 15 is 0 Å². The van der Waals surface area contributed by atoms with E-state index in [1.54, 1.807) is 0 Å². The SMILES string of the molecule is O=C(O)C1=NN(c2cc(S(=O)(=O)[O-])ccc2SOO[O-])C(=O)/C1=C\C=C\c1c(COO)[nH]n(-c2cc(S(=O)(=O)[O-])ccc2S(=O)(=O)[O-])c1=O.[Na+].[Na+].[Na+].[Na+]. The summed E-state index contributed by atoms with van der Waals surface area (Å²) in [4.78, 5) is 39.3. The van der Waals surface area contributed by atoms with Crippen LogP contribution in [0, 0.1) is 0 Å². The topological polar surface area (TPSA) is 350 Å². The Labute approximate surface area is 390 Å². The first-order chi connectivity index (χ1) is 22.8. The number of benzene rings is 2. The number of carbonyl (C=O) groups excluding carboxylic acids is 1. The molecular formula is C23H14N4Na4O18S4. The largest absolute Gasteiger partial charge is 1.00 e. The Balaban J connectivity index is 0.00000676. The molecular weight excluding hydrogens is 840 g/mol. The molecule has 1 aliphatic heterocycles. The Kier molecular flexibility index (Phi) is 21.0. The van der Waals surface area contributed by atoms with Crippen molar-refractivity contribution in [3.63, 3.8) is 0 Å². The van der Waals surface area contributed by atoms with Gasteiger partial charge in [-0.2, -0.15) is 14.4 Å². The van der Waals surface area contributed by atoms with Crippen molar-refractivity contribution in [2.75, 3.05) is 5.01 Å². The molecule has 4 rings (SSSR count). The number of hydrogen-bond acceptors (Lipinski definition) is 19. The van der Waals surface area contributed by atoms with E-state index < -0.39 is 97.3 Å². The number of rotatable bonds is 13. The van der Waals surface area contributed by atoms with Crippen molar-refractivity contribution in [1.82, 2.24) is 9.78 Å². The minimum absolute atomic E-state index is 0. The zero-order chi connectivity index (χ0) is 36.5. The molecule has 53 heavy (non-hydrogen) atoms. The molecule has 0 radical (unpaired) electrons. The van der Waals surface area contributed by atoms with Gasteiger partial charge >= 0.3 is 124 Å². The summed E-state index contributed by atoms with van der Waals surface area (Å²) in [6, 6.07) is 3.73. The number of hydrazone groups is 1. The van der Waals surface area contributed by atoms with Crippen molar-refractivity contribution < 1.29 is 197 Å². The second-order valence-electron chi connectivity index (χ2n) is 9.07. The maximum Gasteiger partial charge on any atom is 1.00 e. The van der Waals surface area contributed by atoms with Crippen molar-refractivity contribution in [3.8, 4) is 5.69 Å². The van der Waals surface area contributed by atoms with Gasteiger partial charge in [-0.1, -0.05) is 6.08 Å². The van der Waals surface area contributed by atoms with Gasteiger partial charge in [0, 0.05) is 0 Å². The third kappa shape index (κ3) is 12.5. The van der Waals surface area contributed by atoms with Gasteiger partial charge in [0.05, 0.1) is 59.8 Å². The number of aromatic amines is 1. The molecule has 262 valence electrons. The van der Waals surface area contributed by atoms with Crippen molar-refractivity contribution in [2.45, 2.75) is 26.2 Å². The first-order valence-corrected chi connectivity index (χ1v) is 17.2. The molecule has 0 unspecified atom stereocenters. The Bertz CT molecular complexity index is 2360. The number of amides is 1. The third-order valence-corrected chi connectivity index (χ3v) is 9.34. The van der Waals surface area contributed by atoms with E-state index in [2.05, 4.69) is 24.5 Å². The van der Waals surface area contributed by atoms with Crippen LogP contribution in [0.2, 0.25) is 0 Å². The van der Waals surface area contributed by atoms with E-state index in [1.165, 1.54) is 0 Å². The van der Waals surface area contributed by atoms with Crippen molar-refractivity contribution >= 4 is 71.7 Å². The fourth-order valence-corrected chi connectivity index (χ4v) is 6.19. The maximum absolute atomic E-state index is 13.3. The van der Waals surface area contributed by atoms with Gasteiger partial charge in [0.1, 0.15) is 37.0 Å². The number of carboxylic acids is 1. The van der Waals surface area contributed by atoms with Gasteiger partial charge in [0.25, 0.3) is 11.5 Å². The van der Waals surface area contributed by atoms with Gasteiger partial charge in [-0.05, 0) is 48.6 Å². The number of carbonyl (C=O) groups is 2. The Morgan fingerprint density at radius 3 is 1.98 bits per heavy atom. The fourth-order valence-electron chi connectivity index (χ4n) is 4.12. The maximum atomic E-state index is 13.3. The number of aliphatic carboxylic acids is 1. The number of anilines is 1. The summed E-state index contributed by atoms with van der Waals surface area (Å²) in [6.45, 7) is -0.833. The zero-order valence-corrected chi connectivity index (χ0v) is 38.6. The van der Waals surface area contributed by atoms with Gasteiger partial charge in [-0.25, -0.2) is 39.6 Å². The number of nitrogens with zero attached hydrogens (tertiary/aromatic N) is 3. The summed E-state index contributed by atoms with van der Waals surface area (Å²) < 4.78 is 109. The molecule has 0 bridgehead atoms. The molecule has 1 amide bonds. The number of carboxylic acid groups (broad SMARTS) is 1. The molecule has 0 aliphatic carbocycles. The van der Waals surface area contributed by atoms with E-state index in [0.717, 1.165) is 30.4 Å². The Hall–Kier alpha value is -0.580. The molecule has 0 fully saturated rings. The van der Waals surface area contributed by atoms with Gasteiger partial charge in [-0.3, -0.25) is 25.0 Å². The molecule has 2 heterocycles. The average molecular weight is 855 g/mol. The molecule has 3 N–H and O–H groups in total. The number of aromatic nitrogens is 2. The van der Waals surface area contributed by atoms with Crippen LogP contribution in [0.4, 0.5) is 5.69 Å². The molecule has 0 saturated carbocycles. The van der Waals surface area contributed by atoms with Crippen molar-refractivity contribution in [2.24, 2.45) is 5.10 Å². The molecule has 1 aromatic heterocycles. The second-order valence-corrected chi connectivity index (χ2v) is 13.9. The van der Waals surface area contributed by atoms with Crippen LogP contribution < -0.4 is 134 Å². The summed E-state index contributed by atoms with van der Waals surface area (Å²) in [5.74, 6) is -3.05.